The summed E-state index contributed by atoms with van der Waals surface area (Å²) >= 11 is 0. The molecule has 1 aromatic heterocycles. The van der Waals surface area contributed by atoms with Gasteiger partial charge in [0.05, 0.1) is 5.41 Å². The first kappa shape index (κ1) is 17.1. The number of carbonyl (C=O) groups excluding carboxylic acids is 1. The number of amides is 1. The number of aromatic amines is 1. The SMILES string of the molecule is CC(C)(C(=O)NCCc1ccccc1F)c1c[nH]c2cc(F)ccc12. The second-order valence-corrected chi connectivity index (χ2v) is 6.61. The molecule has 0 bridgehead atoms. The van der Waals surface area contributed by atoms with Crippen LogP contribution in [0.3, 0.4) is 0 Å². The molecule has 0 saturated heterocycles. The summed E-state index contributed by atoms with van der Waals surface area (Å²) in [6, 6.07) is 11.0. The molecule has 1 amide bonds. The minimum Gasteiger partial charge on any atom is -0.361 e. The highest BCUT2D eigenvalue weighted by Gasteiger charge is 2.32. The van der Waals surface area contributed by atoms with Crippen LogP contribution in [0.4, 0.5) is 8.78 Å². The zero-order valence-corrected chi connectivity index (χ0v) is 14.2. The van der Waals surface area contributed by atoms with E-state index in [-0.39, 0.29) is 17.5 Å². The maximum atomic E-state index is 13.6. The Kier molecular flexibility index (Phi) is 4.57. The van der Waals surface area contributed by atoms with Gasteiger partial charge in [-0.1, -0.05) is 18.2 Å². The Labute approximate surface area is 145 Å². The Hall–Kier alpha value is -2.69. The van der Waals surface area contributed by atoms with Gasteiger partial charge < -0.3 is 10.3 Å². The van der Waals surface area contributed by atoms with Gasteiger partial charge in [-0.2, -0.15) is 0 Å². The Morgan fingerprint density at radius 3 is 2.68 bits per heavy atom. The number of carbonyl (C=O) groups is 1. The van der Waals surface area contributed by atoms with Crippen LogP contribution >= 0.6 is 0 Å². The van der Waals surface area contributed by atoms with E-state index in [1.807, 2.05) is 13.8 Å². The standard InChI is InChI=1S/C20H20F2N2O/c1-20(2,16-12-24-18-11-14(21)7-8-15(16)18)19(25)23-10-9-13-5-3-4-6-17(13)22/h3-8,11-12,24H,9-10H2,1-2H3,(H,23,25). The molecule has 3 nitrogen and oxygen atoms in total. The fourth-order valence-electron chi connectivity index (χ4n) is 2.97. The molecule has 0 aliphatic heterocycles. The van der Waals surface area contributed by atoms with Gasteiger partial charge in [-0.05, 0) is 55.7 Å². The van der Waals surface area contributed by atoms with Crippen LogP contribution in [0.15, 0.2) is 48.7 Å². The molecule has 0 fully saturated rings. The van der Waals surface area contributed by atoms with Crippen LogP contribution in [0.1, 0.15) is 25.0 Å². The Balaban J connectivity index is 1.72. The monoisotopic (exact) mass is 342 g/mol. The summed E-state index contributed by atoms with van der Waals surface area (Å²) in [4.78, 5) is 15.7. The third-order valence-electron chi connectivity index (χ3n) is 4.52. The van der Waals surface area contributed by atoms with Crippen molar-refractivity contribution in [2.45, 2.75) is 25.7 Å². The van der Waals surface area contributed by atoms with Crippen molar-refractivity contribution in [2.75, 3.05) is 6.54 Å². The molecule has 0 saturated carbocycles. The molecule has 2 N–H and O–H groups in total. The van der Waals surface area contributed by atoms with Gasteiger partial charge in [0.1, 0.15) is 11.6 Å². The number of fused-ring (bicyclic) bond motifs is 1. The van der Waals surface area contributed by atoms with Crippen molar-refractivity contribution in [3.63, 3.8) is 0 Å². The van der Waals surface area contributed by atoms with Gasteiger partial charge in [0.25, 0.3) is 0 Å². The number of nitrogens with one attached hydrogen (secondary N) is 2. The second kappa shape index (κ2) is 6.67. The molecule has 3 aromatic rings. The highest BCUT2D eigenvalue weighted by Crippen LogP contribution is 2.31. The number of hydrogen-bond acceptors (Lipinski definition) is 1. The van der Waals surface area contributed by atoms with Crippen LogP contribution in [-0.2, 0) is 16.6 Å². The Bertz CT molecular complexity index is 915. The second-order valence-electron chi connectivity index (χ2n) is 6.61. The minimum absolute atomic E-state index is 0.158. The fourth-order valence-corrected chi connectivity index (χ4v) is 2.97. The summed E-state index contributed by atoms with van der Waals surface area (Å²) in [6.45, 7) is 3.98. The number of benzene rings is 2. The van der Waals surface area contributed by atoms with Crippen molar-refractivity contribution >= 4 is 16.8 Å². The van der Waals surface area contributed by atoms with Gasteiger partial charge in [-0.15, -0.1) is 0 Å². The normalized spacial score (nSPS) is 11.7. The highest BCUT2D eigenvalue weighted by molar-refractivity contribution is 5.94. The van der Waals surface area contributed by atoms with E-state index in [0.717, 1.165) is 10.9 Å². The van der Waals surface area contributed by atoms with E-state index in [4.69, 9.17) is 0 Å². The van der Waals surface area contributed by atoms with Crippen molar-refractivity contribution in [2.24, 2.45) is 0 Å². The van der Waals surface area contributed by atoms with E-state index in [1.165, 1.54) is 18.2 Å². The minimum atomic E-state index is -0.800. The summed E-state index contributed by atoms with van der Waals surface area (Å²) < 4.78 is 27.0. The molecule has 1 heterocycles. The molecule has 0 aliphatic carbocycles. The lowest BCUT2D eigenvalue weighted by molar-refractivity contribution is -0.125. The van der Waals surface area contributed by atoms with Gasteiger partial charge in [0.15, 0.2) is 0 Å². The number of H-pyrrole nitrogens is 1. The largest absolute Gasteiger partial charge is 0.361 e. The van der Waals surface area contributed by atoms with E-state index in [0.29, 0.717) is 24.0 Å². The summed E-state index contributed by atoms with van der Waals surface area (Å²) in [5.41, 5.74) is 1.22. The van der Waals surface area contributed by atoms with Crippen molar-refractivity contribution < 1.29 is 13.6 Å². The molecular weight excluding hydrogens is 322 g/mol. The van der Waals surface area contributed by atoms with Crippen LogP contribution in [0.2, 0.25) is 0 Å². The molecule has 0 radical (unpaired) electrons. The van der Waals surface area contributed by atoms with Crippen molar-refractivity contribution in [1.29, 1.82) is 0 Å². The molecule has 25 heavy (non-hydrogen) atoms. The average Bonchev–Trinajstić information content (AvgIpc) is 3.00. The predicted molar refractivity (Wildman–Crippen MR) is 94.4 cm³/mol. The predicted octanol–water partition coefficient (Wildman–Crippen LogP) is 4.08. The van der Waals surface area contributed by atoms with E-state index in [9.17, 15) is 13.6 Å². The van der Waals surface area contributed by atoms with E-state index in [2.05, 4.69) is 10.3 Å². The number of hydrogen-bond donors (Lipinski definition) is 2. The average molecular weight is 342 g/mol. The smallest absolute Gasteiger partial charge is 0.230 e. The zero-order valence-electron chi connectivity index (χ0n) is 14.2. The molecule has 0 aliphatic rings. The first-order valence-corrected chi connectivity index (χ1v) is 8.18. The highest BCUT2D eigenvalue weighted by atomic mass is 19.1. The molecule has 0 atom stereocenters. The van der Waals surface area contributed by atoms with E-state index in [1.54, 1.807) is 30.5 Å². The van der Waals surface area contributed by atoms with Gasteiger partial charge in [0, 0.05) is 23.6 Å². The molecule has 3 rings (SSSR count). The number of aromatic nitrogens is 1. The maximum absolute atomic E-state index is 13.6. The lowest BCUT2D eigenvalue weighted by Gasteiger charge is -2.23. The van der Waals surface area contributed by atoms with Gasteiger partial charge in [0.2, 0.25) is 5.91 Å². The first-order chi connectivity index (χ1) is 11.9. The third kappa shape index (κ3) is 3.40. The van der Waals surface area contributed by atoms with Crippen LogP contribution in [-0.4, -0.2) is 17.4 Å². The fraction of sp³-hybridized carbons (Fsp3) is 0.250. The van der Waals surface area contributed by atoms with E-state index < -0.39 is 5.41 Å². The number of rotatable bonds is 5. The number of halogens is 2. The Morgan fingerprint density at radius 2 is 1.92 bits per heavy atom. The molecule has 130 valence electrons. The van der Waals surface area contributed by atoms with Crippen LogP contribution in [0.5, 0.6) is 0 Å². The lowest BCUT2D eigenvalue weighted by atomic mass is 9.83. The lowest BCUT2D eigenvalue weighted by Crippen LogP contribution is -2.40. The molecule has 0 unspecified atom stereocenters. The summed E-state index contributed by atoms with van der Waals surface area (Å²) in [5.74, 6) is -0.753. The van der Waals surface area contributed by atoms with Gasteiger partial charge in [-0.25, -0.2) is 8.78 Å². The third-order valence-corrected chi connectivity index (χ3v) is 4.52. The van der Waals surface area contributed by atoms with Crippen molar-refractivity contribution in [1.82, 2.24) is 10.3 Å². The quantitative estimate of drug-likeness (QED) is 0.721. The molecule has 0 spiro atoms. The summed E-state index contributed by atoms with van der Waals surface area (Å²) in [5, 5.41) is 3.68. The Morgan fingerprint density at radius 1 is 1.16 bits per heavy atom. The van der Waals surface area contributed by atoms with Crippen molar-refractivity contribution in [3.8, 4) is 0 Å². The van der Waals surface area contributed by atoms with Gasteiger partial charge in [-0.3, -0.25) is 4.79 Å². The van der Waals surface area contributed by atoms with Crippen molar-refractivity contribution in [3.05, 3.63) is 71.4 Å². The van der Waals surface area contributed by atoms with Crippen LogP contribution < -0.4 is 5.32 Å². The van der Waals surface area contributed by atoms with Gasteiger partial charge >= 0.3 is 0 Å². The summed E-state index contributed by atoms with van der Waals surface area (Å²) in [7, 11) is 0. The maximum Gasteiger partial charge on any atom is 0.230 e. The molecular formula is C20H20F2N2O. The van der Waals surface area contributed by atoms with E-state index >= 15 is 0 Å². The topological polar surface area (TPSA) is 44.9 Å². The van der Waals surface area contributed by atoms with Crippen LogP contribution in [0, 0.1) is 11.6 Å². The summed E-state index contributed by atoms with van der Waals surface area (Å²) in [6.07, 6.45) is 2.16. The zero-order chi connectivity index (χ0) is 18.0. The molecule has 5 heteroatoms. The molecule has 2 aromatic carbocycles. The first-order valence-electron chi connectivity index (χ1n) is 8.18. The van der Waals surface area contributed by atoms with Crippen LogP contribution in [0.25, 0.3) is 10.9 Å².